The maximum absolute atomic E-state index is 12.2. The number of anilines is 1. The highest BCUT2D eigenvalue weighted by atomic mass is 32.2. The molecule has 0 bridgehead atoms. The highest BCUT2D eigenvalue weighted by molar-refractivity contribution is 7.92. The number of nitro groups is 1. The van der Waals surface area contributed by atoms with E-state index in [1.165, 1.54) is 13.2 Å². The Labute approximate surface area is 137 Å². The predicted molar refractivity (Wildman–Crippen MR) is 90.6 cm³/mol. The molecule has 1 aromatic carbocycles. The summed E-state index contributed by atoms with van der Waals surface area (Å²) in [6.45, 7) is 9.25. The van der Waals surface area contributed by atoms with E-state index >= 15 is 0 Å². The maximum atomic E-state index is 12.2. The summed E-state index contributed by atoms with van der Waals surface area (Å²) in [4.78, 5) is 10.7. The van der Waals surface area contributed by atoms with Crippen molar-refractivity contribution in [3.63, 3.8) is 0 Å². The smallest absolute Gasteiger partial charge is 0.313 e. The lowest BCUT2D eigenvalue weighted by Crippen LogP contribution is -2.21. The van der Waals surface area contributed by atoms with E-state index in [9.17, 15) is 18.5 Å². The number of methoxy groups -OCH3 is 1. The number of nitrogens with one attached hydrogen (secondary N) is 1. The molecule has 1 rings (SSSR count). The average Bonchev–Trinajstić information content (AvgIpc) is 2.34. The van der Waals surface area contributed by atoms with Crippen molar-refractivity contribution in [2.45, 2.75) is 40.0 Å². The summed E-state index contributed by atoms with van der Waals surface area (Å²) < 4.78 is 31.9. The monoisotopic (exact) mass is 344 g/mol. The molecule has 0 heterocycles. The molecule has 0 saturated heterocycles. The third-order valence-electron chi connectivity index (χ3n) is 3.15. The fraction of sp³-hybridized carbons (Fsp3) is 0.600. The van der Waals surface area contributed by atoms with Gasteiger partial charge >= 0.3 is 5.69 Å². The van der Waals surface area contributed by atoms with Gasteiger partial charge in [0.15, 0.2) is 0 Å². The molecular formula is C15H24N2O5S. The second-order valence-electron chi connectivity index (χ2n) is 6.86. The zero-order valence-corrected chi connectivity index (χ0v) is 15.2. The number of ether oxygens (including phenoxy) is 1. The first-order valence-electron chi connectivity index (χ1n) is 7.24. The van der Waals surface area contributed by atoms with Crippen molar-refractivity contribution in [1.29, 1.82) is 0 Å². The van der Waals surface area contributed by atoms with Gasteiger partial charge in [-0.15, -0.1) is 0 Å². The zero-order chi connectivity index (χ0) is 18.0. The summed E-state index contributed by atoms with van der Waals surface area (Å²) in [6, 6.07) is 3.00. The van der Waals surface area contributed by atoms with Crippen molar-refractivity contribution in [3.05, 3.63) is 27.8 Å². The molecule has 0 aliphatic heterocycles. The molecule has 130 valence electrons. The fourth-order valence-electron chi connectivity index (χ4n) is 2.12. The first-order chi connectivity index (χ1) is 10.4. The van der Waals surface area contributed by atoms with Gasteiger partial charge in [-0.05, 0) is 23.0 Å². The standard InChI is InChI=1S/C15H24N2O5S/c1-10(2)9-23(20,21)16-12-7-11(15(3,4)5)8-13(17(18)19)14(12)22-6/h7-8,10,16H,9H2,1-6H3. The Morgan fingerprint density at radius 3 is 2.26 bits per heavy atom. The van der Waals surface area contributed by atoms with Gasteiger partial charge in [0, 0.05) is 6.07 Å². The molecule has 0 radical (unpaired) electrons. The summed E-state index contributed by atoms with van der Waals surface area (Å²) in [7, 11) is -2.35. The molecule has 0 aromatic heterocycles. The molecule has 7 nitrogen and oxygen atoms in total. The van der Waals surface area contributed by atoms with Gasteiger partial charge in [-0.3, -0.25) is 14.8 Å². The minimum atomic E-state index is -3.62. The predicted octanol–water partition coefficient (Wildman–Crippen LogP) is 3.30. The van der Waals surface area contributed by atoms with Crippen LogP contribution in [0.15, 0.2) is 12.1 Å². The molecule has 0 amide bonds. The Balaban J connectivity index is 3.50. The van der Waals surface area contributed by atoms with E-state index in [-0.39, 0.29) is 34.2 Å². The van der Waals surface area contributed by atoms with Crippen molar-refractivity contribution in [2.24, 2.45) is 5.92 Å². The normalized spacial score (nSPS) is 12.3. The quantitative estimate of drug-likeness (QED) is 0.630. The Bertz CT molecular complexity index is 691. The van der Waals surface area contributed by atoms with E-state index in [2.05, 4.69) is 4.72 Å². The number of nitro benzene ring substituents is 1. The SMILES string of the molecule is COc1c(NS(=O)(=O)CC(C)C)cc(C(C)(C)C)cc1[N+](=O)[O-]. The lowest BCUT2D eigenvalue weighted by atomic mass is 9.86. The van der Waals surface area contributed by atoms with Crippen LogP contribution in [0.5, 0.6) is 5.75 Å². The summed E-state index contributed by atoms with van der Waals surface area (Å²) >= 11 is 0. The van der Waals surface area contributed by atoms with E-state index in [4.69, 9.17) is 4.74 Å². The highest BCUT2D eigenvalue weighted by Crippen LogP contribution is 2.40. The zero-order valence-electron chi connectivity index (χ0n) is 14.3. The van der Waals surface area contributed by atoms with Crippen LogP contribution in [0.1, 0.15) is 40.2 Å². The molecule has 1 aromatic rings. The van der Waals surface area contributed by atoms with E-state index in [0.717, 1.165) is 0 Å². The number of rotatable bonds is 6. The van der Waals surface area contributed by atoms with Crippen LogP contribution < -0.4 is 9.46 Å². The van der Waals surface area contributed by atoms with Gasteiger partial charge in [0.05, 0.1) is 23.5 Å². The van der Waals surface area contributed by atoms with Crippen molar-refractivity contribution in [1.82, 2.24) is 0 Å². The average molecular weight is 344 g/mol. The minimum absolute atomic E-state index is 0.0701. The van der Waals surface area contributed by atoms with Crippen LogP contribution in [0, 0.1) is 16.0 Å². The first kappa shape index (κ1) is 19.2. The number of sulfonamides is 1. The molecule has 8 heteroatoms. The van der Waals surface area contributed by atoms with Gasteiger partial charge in [-0.2, -0.15) is 0 Å². The third kappa shape index (κ3) is 5.09. The molecule has 0 fully saturated rings. The van der Waals surface area contributed by atoms with Gasteiger partial charge in [0.2, 0.25) is 15.8 Å². The van der Waals surface area contributed by atoms with Gasteiger partial charge in [0.25, 0.3) is 0 Å². The second-order valence-corrected chi connectivity index (χ2v) is 8.63. The summed E-state index contributed by atoms with van der Waals surface area (Å²) in [5.41, 5.74) is 0.0941. The first-order valence-corrected chi connectivity index (χ1v) is 8.90. The fourth-order valence-corrected chi connectivity index (χ4v) is 3.57. The number of benzene rings is 1. The number of hydrogen-bond donors (Lipinski definition) is 1. The molecule has 0 saturated carbocycles. The molecule has 0 aliphatic rings. The topological polar surface area (TPSA) is 98.5 Å². The number of nitrogens with zero attached hydrogens (tertiary/aromatic N) is 1. The van der Waals surface area contributed by atoms with Gasteiger partial charge in [-0.1, -0.05) is 34.6 Å². The van der Waals surface area contributed by atoms with Gasteiger partial charge in [0.1, 0.15) is 0 Å². The van der Waals surface area contributed by atoms with Crippen LogP contribution in [0.2, 0.25) is 0 Å². The second kappa shape index (κ2) is 6.74. The summed E-state index contributed by atoms with van der Waals surface area (Å²) in [6.07, 6.45) is 0. The lowest BCUT2D eigenvalue weighted by molar-refractivity contribution is -0.385. The van der Waals surface area contributed by atoms with Gasteiger partial charge < -0.3 is 4.74 Å². The molecular weight excluding hydrogens is 320 g/mol. The largest absolute Gasteiger partial charge is 0.489 e. The van der Waals surface area contributed by atoms with Gasteiger partial charge in [-0.25, -0.2) is 8.42 Å². The maximum Gasteiger partial charge on any atom is 0.313 e. The van der Waals surface area contributed by atoms with Crippen LogP contribution in [0.25, 0.3) is 0 Å². The lowest BCUT2D eigenvalue weighted by Gasteiger charge is -2.21. The summed E-state index contributed by atoms with van der Waals surface area (Å²) in [5.74, 6) is -0.237. The van der Waals surface area contributed by atoms with Crippen molar-refractivity contribution in [2.75, 3.05) is 17.6 Å². The van der Waals surface area contributed by atoms with Crippen LogP contribution >= 0.6 is 0 Å². The molecule has 0 spiro atoms. The van der Waals surface area contributed by atoms with E-state index in [1.54, 1.807) is 19.9 Å². The van der Waals surface area contributed by atoms with Crippen molar-refractivity contribution >= 4 is 21.4 Å². The Morgan fingerprint density at radius 2 is 1.87 bits per heavy atom. The number of hydrogen-bond acceptors (Lipinski definition) is 5. The van der Waals surface area contributed by atoms with Crippen LogP contribution in [0.3, 0.4) is 0 Å². The van der Waals surface area contributed by atoms with E-state index < -0.39 is 14.9 Å². The Kier molecular flexibility index (Phi) is 5.63. The van der Waals surface area contributed by atoms with Crippen molar-refractivity contribution in [3.8, 4) is 5.75 Å². The molecule has 0 atom stereocenters. The van der Waals surface area contributed by atoms with E-state index in [0.29, 0.717) is 5.56 Å². The summed E-state index contributed by atoms with van der Waals surface area (Å²) in [5, 5.41) is 11.3. The molecule has 23 heavy (non-hydrogen) atoms. The minimum Gasteiger partial charge on any atom is -0.489 e. The van der Waals surface area contributed by atoms with Crippen LogP contribution in [0.4, 0.5) is 11.4 Å². The Morgan fingerprint density at radius 1 is 1.30 bits per heavy atom. The highest BCUT2D eigenvalue weighted by Gasteiger charge is 2.27. The Hall–Kier alpha value is -1.83. The molecule has 1 N–H and O–H groups in total. The van der Waals surface area contributed by atoms with Crippen LogP contribution in [-0.2, 0) is 15.4 Å². The van der Waals surface area contributed by atoms with Crippen molar-refractivity contribution < 1.29 is 18.1 Å². The van der Waals surface area contributed by atoms with E-state index in [1.807, 2.05) is 20.8 Å². The third-order valence-corrected chi connectivity index (χ3v) is 4.79. The molecule has 0 unspecified atom stereocenters. The van der Waals surface area contributed by atoms with Crippen LogP contribution in [-0.4, -0.2) is 26.2 Å². The molecule has 0 aliphatic carbocycles.